The van der Waals surface area contributed by atoms with Gasteiger partial charge in [-0.15, -0.1) is 0 Å². The van der Waals surface area contributed by atoms with Crippen LogP contribution >= 0.6 is 28.1 Å². The maximum Gasteiger partial charge on any atom is 0.205 e. The molecule has 2 aromatic carbocycles. The number of hydrogen-bond donors (Lipinski definition) is 1. The molecule has 0 radical (unpaired) electrons. The summed E-state index contributed by atoms with van der Waals surface area (Å²) in [6, 6.07) is 14.1. The fourth-order valence-electron chi connectivity index (χ4n) is 2.76. The molecule has 1 aromatic heterocycles. The number of fused-ring (bicyclic) bond motifs is 2. The number of halogens is 1. The minimum atomic E-state index is 0.587. The van der Waals surface area contributed by atoms with Gasteiger partial charge in [-0.25, -0.2) is 4.98 Å². The molecule has 0 amide bonds. The highest BCUT2D eigenvalue weighted by atomic mass is 79.9. The van der Waals surface area contributed by atoms with Gasteiger partial charge in [0.1, 0.15) is 16.2 Å². The first kappa shape index (κ1) is 14.6. The van der Waals surface area contributed by atoms with E-state index < -0.39 is 0 Å². The number of nitrogens with one attached hydrogen (secondary N) is 1. The molecule has 1 N–H and O–H groups in total. The second kappa shape index (κ2) is 5.58. The summed E-state index contributed by atoms with van der Waals surface area (Å²) in [7, 11) is 0. The lowest BCUT2D eigenvalue weighted by Crippen LogP contribution is -2.08. The van der Waals surface area contributed by atoms with Gasteiger partial charge in [0, 0.05) is 16.5 Å². The third-order valence-corrected chi connectivity index (χ3v) is 4.83. The van der Waals surface area contributed by atoms with Crippen LogP contribution in [0.25, 0.3) is 11.4 Å². The second-order valence-electron chi connectivity index (χ2n) is 5.55. The van der Waals surface area contributed by atoms with Crippen molar-refractivity contribution in [3.63, 3.8) is 0 Å². The Balaban J connectivity index is 1.83. The molecular formula is C18H13BrN2OS. The summed E-state index contributed by atoms with van der Waals surface area (Å²) in [6.45, 7) is 2.05. The molecule has 0 spiro atoms. The number of rotatable bonds is 1. The molecule has 23 heavy (non-hydrogen) atoms. The van der Waals surface area contributed by atoms with Crippen LogP contribution in [0.5, 0.6) is 11.6 Å². The Hall–Kier alpha value is -1.98. The number of para-hydroxylation sites is 1. The Bertz CT molecular complexity index is 964. The average molecular weight is 385 g/mol. The number of nitrogens with zero attached hydrogens (tertiary/aromatic N) is 1. The number of aromatic amines is 1. The molecule has 0 atom stereocenters. The van der Waals surface area contributed by atoms with E-state index in [1.54, 1.807) is 0 Å². The quantitative estimate of drug-likeness (QED) is 0.435. The molecule has 1 aliphatic heterocycles. The van der Waals surface area contributed by atoms with Crippen molar-refractivity contribution in [3.8, 4) is 23.0 Å². The van der Waals surface area contributed by atoms with Gasteiger partial charge in [-0.05, 0) is 30.2 Å². The van der Waals surface area contributed by atoms with E-state index in [4.69, 9.17) is 17.0 Å². The molecule has 0 unspecified atom stereocenters. The van der Waals surface area contributed by atoms with Crippen LogP contribution in [-0.4, -0.2) is 9.97 Å². The monoisotopic (exact) mass is 384 g/mol. The number of aryl methyl sites for hydroxylation is 1. The van der Waals surface area contributed by atoms with Crippen LogP contribution in [0.4, 0.5) is 0 Å². The molecule has 0 aliphatic carbocycles. The predicted molar refractivity (Wildman–Crippen MR) is 96.6 cm³/mol. The van der Waals surface area contributed by atoms with Crippen molar-refractivity contribution in [2.24, 2.45) is 0 Å². The average Bonchev–Trinajstić information content (AvgIpc) is 2.55. The minimum Gasteiger partial charge on any atom is -0.440 e. The zero-order valence-corrected chi connectivity index (χ0v) is 14.8. The second-order valence-corrected chi connectivity index (χ2v) is 6.85. The van der Waals surface area contributed by atoms with Crippen molar-refractivity contribution in [2.45, 2.75) is 13.3 Å². The van der Waals surface area contributed by atoms with Crippen molar-refractivity contribution in [3.05, 3.63) is 68.3 Å². The highest BCUT2D eigenvalue weighted by Gasteiger charge is 2.21. The summed E-state index contributed by atoms with van der Waals surface area (Å²) in [4.78, 5) is 7.84. The van der Waals surface area contributed by atoms with Crippen LogP contribution < -0.4 is 4.74 Å². The molecule has 5 heteroatoms. The molecule has 0 fully saturated rings. The maximum atomic E-state index is 6.10. The minimum absolute atomic E-state index is 0.587. The topological polar surface area (TPSA) is 37.9 Å². The first-order chi connectivity index (χ1) is 11.1. The largest absolute Gasteiger partial charge is 0.440 e. The molecule has 0 bridgehead atoms. The standard InChI is InChI=1S/C18H13BrN2OS/c1-10-3-2-4-12-9-14-17(22-15(10)12)20-16(21-18(14)23)11-5-7-13(19)8-6-11/h2-8H,9H2,1H3,(H,20,21,23). The SMILES string of the molecule is Cc1cccc2c1Oc1[nH]c(-c3ccc(Br)cc3)nc(=S)c1C2. The predicted octanol–water partition coefficient (Wildman–Crippen LogP) is 5.57. The Morgan fingerprint density at radius 1 is 1.17 bits per heavy atom. The summed E-state index contributed by atoms with van der Waals surface area (Å²) < 4.78 is 7.72. The van der Waals surface area contributed by atoms with Gasteiger partial charge in [0.25, 0.3) is 0 Å². The van der Waals surface area contributed by atoms with Crippen molar-refractivity contribution in [2.75, 3.05) is 0 Å². The van der Waals surface area contributed by atoms with E-state index in [0.29, 0.717) is 10.5 Å². The van der Waals surface area contributed by atoms with E-state index in [1.807, 2.05) is 30.3 Å². The van der Waals surface area contributed by atoms with Gasteiger partial charge in [0.05, 0.1) is 5.56 Å². The fraction of sp³-hybridized carbons (Fsp3) is 0.111. The normalized spacial score (nSPS) is 12.3. The third-order valence-electron chi connectivity index (χ3n) is 3.96. The molecule has 0 saturated heterocycles. The highest BCUT2D eigenvalue weighted by molar-refractivity contribution is 9.10. The lowest BCUT2D eigenvalue weighted by atomic mass is 10.0. The van der Waals surface area contributed by atoms with E-state index in [0.717, 1.165) is 44.7 Å². The first-order valence-electron chi connectivity index (χ1n) is 7.27. The highest BCUT2D eigenvalue weighted by Crippen LogP contribution is 2.38. The van der Waals surface area contributed by atoms with E-state index >= 15 is 0 Å². The number of benzene rings is 2. The zero-order valence-electron chi connectivity index (χ0n) is 12.4. The van der Waals surface area contributed by atoms with E-state index in [9.17, 15) is 0 Å². The number of aromatic nitrogens is 2. The van der Waals surface area contributed by atoms with E-state index in [1.165, 1.54) is 0 Å². The third kappa shape index (κ3) is 2.60. The van der Waals surface area contributed by atoms with Crippen LogP contribution in [0.2, 0.25) is 0 Å². The van der Waals surface area contributed by atoms with Gasteiger partial charge in [0.2, 0.25) is 5.88 Å². The lowest BCUT2D eigenvalue weighted by molar-refractivity contribution is 0.435. The zero-order chi connectivity index (χ0) is 16.0. The van der Waals surface area contributed by atoms with Crippen molar-refractivity contribution >= 4 is 28.1 Å². The fourth-order valence-corrected chi connectivity index (χ4v) is 3.28. The molecule has 2 heterocycles. The van der Waals surface area contributed by atoms with Gasteiger partial charge in [0.15, 0.2) is 0 Å². The summed E-state index contributed by atoms with van der Waals surface area (Å²) in [5.41, 5.74) is 4.19. The van der Waals surface area contributed by atoms with Crippen molar-refractivity contribution in [1.82, 2.24) is 9.97 Å². The van der Waals surface area contributed by atoms with Crippen LogP contribution in [0.1, 0.15) is 16.7 Å². The Morgan fingerprint density at radius 3 is 2.74 bits per heavy atom. The number of H-pyrrole nitrogens is 1. The molecule has 114 valence electrons. The Morgan fingerprint density at radius 2 is 1.96 bits per heavy atom. The number of hydrogen-bond acceptors (Lipinski definition) is 3. The maximum absolute atomic E-state index is 6.10. The van der Waals surface area contributed by atoms with Gasteiger partial charge >= 0.3 is 0 Å². The lowest BCUT2D eigenvalue weighted by Gasteiger charge is -2.22. The van der Waals surface area contributed by atoms with Crippen molar-refractivity contribution in [1.29, 1.82) is 0 Å². The number of ether oxygens (including phenoxy) is 1. The van der Waals surface area contributed by atoms with Crippen LogP contribution in [0.3, 0.4) is 0 Å². The first-order valence-corrected chi connectivity index (χ1v) is 8.47. The van der Waals surface area contributed by atoms with Crippen LogP contribution in [-0.2, 0) is 6.42 Å². The molecule has 4 rings (SSSR count). The molecule has 1 aliphatic rings. The summed E-state index contributed by atoms with van der Waals surface area (Å²) >= 11 is 8.94. The van der Waals surface area contributed by atoms with Gasteiger partial charge in [-0.1, -0.05) is 58.5 Å². The van der Waals surface area contributed by atoms with Gasteiger partial charge < -0.3 is 9.72 Å². The van der Waals surface area contributed by atoms with Crippen LogP contribution in [0.15, 0.2) is 46.9 Å². The smallest absolute Gasteiger partial charge is 0.205 e. The van der Waals surface area contributed by atoms with Crippen LogP contribution in [0, 0.1) is 11.6 Å². The Kier molecular flexibility index (Phi) is 3.54. The van der Waals surface area contributed by atoms with E-state index in [-0.39, 0.29) is 0 Å². The molecule has 3 aromatic rings. The summed E-state index contributed by atoms with van der Waals surface area (Å²) in [5.74, 6) is 2.33. The summed E-state index contributed by atoms with van der Waals surface area (Å²) in [5, 5.41) is 0. The molecule has 0 saturated carbocycles. The van der Waals surface area contributed by atoms with Crippen molar-refractivity contribution < 1.29 is 4.74 Å². The molecule has 3 nitrogen and oxygen atoms in total. The van der Waals surface area contributed by atoms with E-state index in [2.05, 4.69) is 45.0 Å². The Labute approximate surface area is 147 Å². The van der Waals surface area contributed by atoms with Gasteiger partial charge in [-0.3, -0.25) is 0 Å². The molecular weight excluding hydrogens is 372 g/mol. The van der Waals surface area contributed by atoms with Gasteiger partial charge in [-0.2, -0.15) is 0 Å². The summed E-state index contributed by atoms with van der Waals surface area (Å²) in [6.07, 6.45) is 0.745.